The average Bonchev–Trinajstić information content (AvgIpc) is 3.28. The summed E-state index contributed by atoms with van der Waals surface area (Å²) in [6.07, 6.45) is -2.94. The van der Waals surface area contributed by atoms with E-state index < -0.39 is 12.0 Å². The molecule has 4 aromatic rings. The molecular formula is C25H20F4N4O. The zero-order valence-electron chi connectivity index (χ0n) is 17.9. The van der Waals surface area contributed by atoms with Crippen molar-refractivity contribution in [3.8, 4) is 11.3 Å². The number of amides is 1. The average molecular weight is 468 g/mol. The summed E-state index contributed by atoms with van der Waals surface area (Å²) < 4.78 is 52.1. The summed E-state index contributed by atoms with van der Waals surface area (Å²) in [4.78, 5) is 25.4. The van der Waals surface area contributed by atoms with Crippen LogP contribution in [0.15, 0.2) is 60.7 Å². The molecule has 34 heavy (non-hydrogen) atoms. The Labute approximate surface area is 192 Å². The number of alkyl halides is 3. The van der Waals surface area contributed by atoms with E-state index in [1.54, 1.807) is 17.0 Å². The van der Waals surface area contributed by atoms with Gasteiger partial charge in [0.1, 0.15) is 5.82 Å². The van der Waals surface area contributed by atoms with E-state index in [0.29, 0.717) is 18.7 Å². The molecule has 0 saturated carbocycles. The van der Waals surface area contributed by atoms with Crippen LogP contribution in [-0.2, 0) is 6.18 Å². The number of hydrogen-bond donors (Lipinski definition) is 1. The molecule has 174 valence electrons. The molecule has 0 aliphatic carbocycles. The number of fused-ring (bicyclic) bond motifs is 1. The number of piperidine rings is 1. The van der Waals surface area contributed by atoms with Crippen molar-refractivity contribution < 1.29 is 22.4 Å². The van der Waals surface area contributed by atoms with E-state index in [0.717, 1.165) is 29.8 Å². The van der Waals surface area contributed by atoms with Gasteiger partial charge in [-0.3, -0.25) is 9.78 Å². The Bertz CT molecular complexity index is 1350. The number of aromatic amines is 1. The number of rotatable bonds is 3. The Hall–Kier alpha value is -3.75. The van der Waals surface area contributed by atoms with Crippen molar-refractivity contribution >= 4 is 16.9 Å². The van der Waals surface area contributed by atoms with E-state index in [2.05, 4.69) is 9.97 Å². The van der Waals surface area contributed by atoms with Gasteiger partial charge in [0.2, 0.25) is 5.82 Å². The lowest BCUT2D eigenvalue weighted by Gasteiger charge is -2.32. The third-order valence-electron chi connectivity index (χ3n) is 6.03. The molecule has 0 radical (unpaired) electrons. The van der Waals surface area contributed by atoms with Gasteiger partial charge in [-0.15, -0.1) is 0 Å². The predicted molar refractivity (Wildman–Crippen MR) is 119 cm³/mol. The van der Waals surface area contributed by atoms with Gasteiger partial charge in [-0.2, -0.15) is 13.2 Å². The first kappa shape index (κ1) is 22.1. The molecule has 5 rings (SSSR count). The highest BCUT2D eigenvalue weighted by Crippen LogP contribution is 2.31. The number of nitrogens with one attached hydrogen (secondary N) is 1. The molecule has 0 spiro atoms. The molecule has 1 atom stereocenters. The van der Waals surface area contributed by atoms with Crippen molar-refractivity contribution in [2.45, 2.75) is 24.9 Å². The number of nitrogens with zero attached hydrogens (tertiary/aromatic N) is 3. The number of carbonyl (C=O) groups excluding carboxylic acids is 1. The normalized spacial score (nSPS) is 16.7. The molecule has 5 nitrogen and oxygen atoms in total. The van der Waals surface area contributed by atoms with Gasteiger partial charge >= 0.3 is 6.18 Å². The van der Waals surface area contributed by atoms with Crippen LogP contribution in [-0.4, -0.2) is 38.8 Å². The number of hydrogen-bond acceptors (Lipinski definition) is 3. The summed E-state index contributed by atoms with van der Waals surface area (Å²) in [6.45, 7) is 1.01. The van der Waals surface area contributed by atoms with Crippen LogP contribution in [0.4, 0.5) is 17.6 Å². The van der Waals surface area contributed by atoms with Gasteiger partial charge in [0.25, 0.3) is 5.91 Å². The Kier molecular flexibility index (Phi) is 5.55. The van der Waals surface area contributed by atoms with Gasteiger partial charge in [0.05, 0.1) is 16.7 Å². The summed E-state index contributed by atoms with van der Waals surface area (Å²) in [6, 6.07) is 16.1. The number of H-pyrrole nitrogens is 1. The second-order valence-corrected chi connectivity index (χ2v) is 8.36. The van der Waals surface area contributed by atoms with E-state index in [1.165, 1.54) is 30.3 Å². The van der Waals surface area contributed by atoms with Crippen LogP contribution in [0.3, 0.4) is 0 Å². The molecular weight excluding hydrogens is 448 g/mol. The largest absolute Gasteiger partial charge is 0.449 e. The van der Waals surface area contributed by atoms with Crippen molar-refractivity contribution in [2.24, 2.45) is 0 Å². The first-order valence-electron chi connectivity index (χ1n) is 10.9. The number of carbonyl (C=O) groups is 1. The molecule has 3 heterocycles. The topological polar surface area (TPSA) is 61.9 Å². The Balaban J connectivity index is 1.36. The van der Waals surface area contributed by atoms with Crippen molar-refractivity contribution in [3.05, 3.63) is 83.6 Å². The minimum atomic E-state index is -4.58. The second-order valence-electron chi connectivity index (χ2n) is 8.36. The van der Waals surface area contributed by atoms with Crippen LogP contribution in [0, 0.1) is 5.82 Å². The molecule has 1 amide bonds. The Morgan fingerprint density at radius 2 is 1.82 bits per heavy atom. The SMILES string of the molecule is O=C(c1ccc2nc(C(F)(F)F)[nH]c2c1)N1CCC[C@H](c2cccc(-c3ccc(F)cc3)n2)C1. The summed E-state index contributed by atoms with van der Waals surface area (Å²) in [5.74, 6) is -1.63. The fraction of sp³-hybridized carbons (Fsp3) is 0.240. The minimum Gasteiger partial charge on any atom is -0.338 e. The van der Waals surface area contributed by atoms with Crippen LogP contribution < -0.4 is 0 Å². The van der Waals surface area contributed by atoms with E-state index in [1.807, 2.05) is 18.2 Å². The van der Waals surface area contributed by atoms with Crippen LogP contribution in [0.2, 0.25) is 0 Å². The highest BCUT2D eigenvalue weighted by atomic mass is 19.4. The fourth-order valence-electron chi connectivity index (χ4n) is 4.32. The third-order valence-corrected chi connectivity index (χ3v) is 6.03. The van der Waals surface area contributed by atoms with Crippen LogP contribution >= 0.6 is 0 Å². The van der Waals surface area contributed by atoms with Crippen molar-refractivity contribution in [3.63, 3.8) is 0 Å². The van der Waals surface area contributed by atoms with E-state index in [-0.39, 0.29) is 28.7 Å². The molecule has 1 aliphatic heterocycles. The fourth-order valence-corrected chi connectivity index (χ4v) is 4.32. The smallest absolute Gasteiger partial charge is 0.338 e. The van der Waals surface area contributed by atoms with Crippen molar-refractivity contribution in [2.75, 3.05) is 13.1 Å². The summed E-state index contributed by atoms with van der Waals surface area (Å²) in [5.41, 5.74) is 3.00. The van der Waals surface area contributed by atoms with E-state index >= 15 is 0 Å². The molecule has 9 heteroatoms. The van der Waals surface area contributed by atoms with E-state index in [4.69, 9.17) is 4.98 Å². The maximum absolute atomic E-state index is 13.3. The molecule has 1 N–H and O–H groups in total. The first-order valence-corrected chi connectivity index (χ1v) is 10.9. The zero-order valence-corrected chi connectivity index (χ0v) is 17.9. The summed E-state index contributed by atoms with van der Waals surface area (Å²) in [5, 5.41) is 0. The quantitative estimate of drug-likeness (QED) is 0.387. The summed E-state index contributed by atoms with van der Waals surface area (Å²) in [7, 11) is 0. The van der Waals surface area contributed by atoms with Gasteiger partial charge < -0.3 is 9.88 Å². The van der Waals surface area contributed by atoms with Crippen LogP contribution in [0.1, 0.15) is 40.6 Å². The first-order chi connectivity index (χ1) is 16.3. The number of pyridine rings is 1. The van der Waals surface area contributed by atoms with E-state index in [9.17, 15) is 22.4 Å². The van der Waals surface area contributed by atoms with Gasteiger partial charge in [-0.05, 0) is 67.4 Å². The number of likely N-dealkylation sites (tertiary alicyclic amines) is 1. The second kappa shape index (κ2) is 8.55. The number of aromatic nitrogens is 3. The Morgan fingerprint density at radius 3 is 2.59 bits per heavy atom. The molecule has 1 fully saturated rings. The van der Waals surface area contributed by atoms with Gasteiger partial charge in [-0.1, -0.05) is 6.07 Å². The molecule has 1 saturated heterocycles. The highest BCUT2D eigenvalue weighted by molar-refractivity contribution is 5.97. The minimum absolute atomic E-state index is 0.0193. The van der Waals surface area contributed by atoms with Crippen LogP contribution in [0.5, 0.6) is 0 Å². The van der Waals surface area contributed by atoms with Gasteiger partial charge in [0, 0.05) is 35.8 Å². The lowest BCUT2D eigenvalue weighted by molar-refractivity contribution is -0.144. The maximum atomic E-state index is 13.3. The lowest BCUT2D eigenvalue weighted by atomic mass is 9.93. The standard InChI is InChI=1S/C25H20F4N4O/c26-18-9-6-15(7-10-18)19-4-1-5-20(30-19)17-3-2-12-33(14-17)23(34)16-8-11-21-22(13-16)32-24(31-21)25(27,28)29/h1,4-11,13,17H,2-3,12,14H2,(H,31,32)/t17-/m0/s1. The molecule has 2 aromatic carbocycles. The number of imidazole rings is 1. The monoisotopic (exact) mass is 468 g/mol. The number of benzene rings is 2. The molecule has 2 aromatic heterocycles. The summed E-state index contributed by atoms with van der Waals surface area (Å²) >= 11 is 0. The van der Waals surface area contributed by atoms with Crippen molar-refractivity contribution in [1.82, 2.24) is 19.9 Å². The Morgan fingerprint density at radius 1 is 1.03 bits per heavy atom. The highest BCUT2D eigenvalue weighted by Gasteiger charge is 2.35. The maximum Gasteiger partial charge on any atom is 0.449 e. The predicted octanol–water partition coefficient (Wildman–Crippen LogP) is 5.80. The third kappa shape index (κ3) is 4.37. The molecule has 0 bridgehead atoms. The zero-order chi connectivity index (χ0) is 23.9. The lowest BCUT2D eigenvalue weighted by Crippen LogP contribution is -2.39. The van der Waals surface area contributed by atoms with Crippen LogP contribution in [0.25, 0.3) is 22.3 Å². The molecule has 0 unspecified atom stereocenters. The number of halogens is 4. The van der Waals surface area contributed by atoms with Gasteiger partial charge in [0.15, 0.2) is 0 Å². The molecule has 1 aliphatic rings. The van der Waals surface area contributed by atoms with Crippen molar-refractivity contribution in [1.29, 1.82) is 0 Å². The van der Waals surface area contributed by atoms with Gasteiger partial charge in [-0.25, -0.2) is 9.37 Å².